The Kier molecular flexibility index (Phi) is 4.88. The molecule has 1 fully saturated rings. The van der Waals surface area contributed by atoms with Gasteiger partial charge in [-0.3, -0.25) is 0 Å². The van der Waals surface area contributed by atoms with Crippen molar-refractivity contribution in [2.75, 3.05) is 0 Å². The van der Waals surface area contributed by atoms with Crippen LogP contribution in [0.4, 0.5) is 0 Å². The first-order valence-electron chi connectivity index (χ1n) is 5.43. The molecule has 0 saturated heterocycles. The smallest absolute Gasteiger partial charge is 0.0822 e. The molecule has 0 aromatic rings. The first kappa shape index (κ1) is 10.6. The second kappa shape index (κ2) is 6.01. The van der Waals surface area contributed by atoms with Crippen LogP contribution in [0.3, 0.4) is 0 Å². The van der Waals surface area contributed by atoms with E-state index in [1.165, 1.54) is 32.1 Å². The zero-order valence-corrected chi connectivity index (χ0v) is 8.50. The van der Waals surface area contributed by atoms with Gasteiger partial charge < -0.3 is 5.11 Å². The third-order valence-corrected chi connectivity index (χ3v) is 2.72. The van der Waals surface area contributed by atoms with Crippen LogP contribution >= 0.6 is 0 Å². The molecule has 1 N–H and O–H groups in total. The molecular weight excluding hydrogens is 160 g/mol. The van der Waals surface area contributed by atoms with E-state index in [1.54, 1.807) is 0 Å². The maximum atomic E-state index is 9.76. The summed E-state index contributed by atoms with van der Waals surface area (Å²) in [4.78, 5) is 0. The van der Waals surface area contributed by atoms with Crippen molar-refractivity contribution in [3.05, 3.63) is 17.9 Å². The van der Waals surface area contributed by atoms with E-state index >= 15 is 0 Å². The minimum Gasteiger partial charge on any atom is -0.388 e. The molecule has 1 atom stereocenters. The zero-order valence-electron chi connectivity index (χ0n) is 8.50. The Morgan fingerprint density at radius 3 is 2.69 bits per heavy atom. The maximum Gasteiger partial charge on any atom is 0.0822 e. The van der Waals surface area contributed by atoms with Gasteiger partial charge in [0.1, 0.15) is 0 Å². The molecule has 0 radical (unpaired) electrons. The first-order valence-corrected chi connectivity index (χ1v) is 5.43. The standard InChI is InChI=1S/C12H20O/c1-2-3-5-10-12(13)11-8-6-4-7-9-11/h3,10-13H,2,4,6-9H2,1H3. The molecule has 1 saturated carbocycles. The predicted octanol–water partition coefficient (Wildman–Crippen LogP) is 3.05. The fourth-order valence-electron chi connectivity index (χ4n) is 1.90. The van der Waals surface area contributed by atoms with Crippen molar-refractivity contribution in [1.29, 1.82) is 0 Å². The summed E-state index contributed by atoms with van der Waals surface area (Å²) in [6, 6.07) is 0. The van der Waals surface area contributed by atoms with Gasteiger partial charge in [-0.15, -0.1) is 5.73 Å². The molecule has 0 amide bonds. The van der Waals surface area contributed by atoms with Crippen molar-refractivity contribution in [2.24, 2.45) is 5.92 Å². The molecule has 0 spiro atoms. The second-order valence-corrected chi connectivity index (χ2v) is 3.83. The molecule has 0 aromatic heterocycles. The zero-order chi connectivity index (χ0) is 9.52. The minimum atomic E-state index is -0.261. The average molecular weight is 180 g/mol. The van der Waals surface area contributed by atoms with Gasteiger partial charge in [-0.1, -0.05) is 26.2 Å². The SMILES string of the molecule is CCC=C=CC(O)C1CCCCC1. The summed E-state index contributed by atoms with van der Waals surface area (Å²) in [5, 5.41) is 9.76. The third-order valence-electron chi connectivity index (χ3n) is 2.72. The molecule has 1 aliphatic rings. The highest BCUT2D eigenvalue weighted by atomic mass is 16.3. The minimum absolute atomic E-state index is 0.261. The summed E-state index contributed by atoms with van der Waals surface area (Å²) in [7, 11) is 0. The number of aliphatic hydroxyl groups excluding tert-OH is 1. The van der Waals surface area contributed by atoms with Gasteiger partial charge in [-0.05, 0) is 37.3 Å². The number of aliphatic hydroxyl groups is 1. The van der Waals surface area contributed by atoms with Crippen LogP contribution in [0.2, 0.25) is 0 Å². The van der Waals surface area contributed by atoms with Gasteiger partial charge in [-0.2, -0.15) is 0 Å². The van der Waals surface area contributed by atoms with Crippen molar-refractivity contribution in [3.63, 3.8) is 0 Å². The van der Waals surface area contributed by atoms with E-state index in [2.05, 4.69) is 12.7 Å². The van der Waals surface area contributed by atoms with Gasteiger partial charge in [0.15, 0.2) is 0 Å². The van der Waals surface area contributed by atoms with E-state index in [-0.39, 0.29) is 6.10 Å². The largest absolute Gasteiger partial charge is 0.388 e. The fraction of sp³-hybridized carbons (Fsp3) is 0.750. The Balaban J connectivity index is 2.36. The van der Waals surface area contributed by atoms with E-state index in [1.807, 2.05) is 12.2 Å². The molecule has 1 aliphatic carbocycles. The molecule has 1 heteroatoms. The van der Waals surface area contributed by atoms with Crippen LogP contribution in [0.1, 0.15) is 45.4 Å². The Bertz CT molecular complexity index is 183. The fourth-order valence-corrected chi connectivity index (χ4v) is 1.90. The summed E-state index contributed by atoms with van der Waals surface area (Å²) in [6.07, 6.45) is 10.8. The Hall–Kier alpha value is -0.520. The van der Waals surface area contributed by atoms with E-state index in [4.69, 9.17) is 0 Å². The lowest BCUT2D eigenvalue weighted by Crippen LogP contribution is -2.20. The summed E-state index contributed by atoms with van der Waals surface area (Å²) < 4.78 is 0. The number of hydrogen-bond acceptors (Lipinski definition) is 1. The van der Waals surface area contributed by atoms with Crippen molar-refractivity contribution < 1.29 is 5.11 Å². The van der Waals surface area contributed by atoms with Gasteiger partial charge in [0, 0.05) is 0 Å². The Morgan fingerprint density at radius 1 is 1.38 bits per heavy atom. The highest BCUT2D eigenvalue weighted by Crippen LogP contribution is 2.26. The molecule has 0 bridgehead atoms. The summed E-state index contributed by atoms with van der Waals surface area (Å²) in [6.45, 7) is 2.08. The molecule has 74 valence electrons. The molecule has 1 nitrogen and oxygen atoms in total. The molecule has 0 aromatic carbocycles. The van der Waals surface area contributed by atoms with E-state index in [9.17, 15) is 5.11 Å². The molecule has 0 heterocycles. The number of hydrogen-bond donors (Lipinski definition) is 1. The average Bonchev–Trinajstić information content (AvgIpc) is 2.19. The van der Waals surface area contributed by atoms with Crippen LogP contribution in [0.5, 0.6) is 0 Å². The van der Waals surface area contributed by atoms with Gasteiger partial charge >= 0.3 is 0 Å². The van der Waals surface area contributed by atoms with Crippen LogP contribution in [-0.4, -0.2) is 11.2 Å². The highest BCUT2D eigenvalue weighted by molar-refractivity contribution is 4.93. The number of rotatable bonds is 3. The van der Waals surface area contributed by atoms with Crippen LogP contribution < -0.4 is 0 Å². The summed E-state index contributed by atoms with van der Waals surface area (Å²) in [5.74, 6) is 0.492. The molecule has 13 heavy (non-hydrogen) atoms. The van der Waals surface area contributed by atoms with E-state index in [0.717, 1.165) is 6.42 Å². The van der Waals surface area contributed by atoms with Gasteiger partial charge in [0.25, 0.3) is 0 Å². The topological polar surface area (TPSA) is 20.2 Å². The predicted molar refractivity (Wildman–Crippen MR) is 55.5 cm³/mol. The van der Waals surface area contributed by atoms with Crippen LogP contribution in [0, 0.1) is 5.92 Å². The molecule has 1 unspecified atom stereocenters. The van der Waals surface area contributed by atoms with E-state index < -0.39 is 0 Å². The lowest BCUT2D eigenvalue weighted by atomic mass is 9.85. The van der Waals surface area contributed by atoms with Crippen molar-refractivity contribution in [3.8, 4) is 0 Å². The quantitative estimate of drug-likeness (QED) is 0.662. The lowest BCUT2D eigenvalue weighted by molar-refractivity contribution is 0.125. The van der Waals surface area contributed by atoms with Crippen LogP contribution in [-0.2, 0) is 0 Å². The first-order chi connectivity index (χ1) is 6.34. The van der Waals surface area contributed by atoms with Crippen LogP contribution in [0.25, 0.3) is 0 Å². The molecule has 0 aliphatic heterocycles. The van der Waals surface area contributed by atoms with Crippen molar-refractivity contribution >= 4 is 0 Å². The van der Waals surface area contributed by atoms with E-state index in [0.29, 0.717) is 5.92 Å². The van der Waals surface area contributed by atoms with Gasteiger partial charge in [0.05, 0.1) is 6.10 Å². The van der Waals surface area contributed by atoms with Crippen molar-refractivity contribution in [2.45, 2.75) is 51.6 Å². The second-order valence-electron chi connectivity index (χ2n) is 3.83. The molecule has 1 rings (SSSR count). The summed E-state index contributed by atoms with van der Waals surface area (Å²) >= 11 is 0. The normalized spacial score (nSPS) is 20.5. The highest BCUT2D eigenvalue weighted by Gasteiger charge is 2.19. The van der Waals surface area contributed by atoms with Gasteiger partial charge in [0.2, 0.25) is 0 Å². The summed E-state index contributed by atoms with van der Waals surface area (Å²) in [5.41, 5.74) is 3.03. The maximum absolute atomic E-state index is 9.76. The van der Waals surface area contributed by atoms with Crippen molar-refractivity contribution in [1.82, 2.24) is 0 Å². The molecular formula is C12H20O. The third kappa shape index (κ3) is 3.80. The lowest BCUT2D eigenvalue weighted by Gasteiger charge is -2.23. The van der Waals surface area contributed by atoms with Gasteiger partial charge in [-0.25, -0.2) is 0 Å². The Labute approximate surface area is 81.2 Å². The Morgan fingerprint density at radius 2 is 2.08 bits per heavy atom. The van der Waals surface area contributed by atoms with Crippen LogP contribution in [0.15, 0.2) is 17.9 Å². The monoisotopic (exact) mass is 180 g/mol.